The highest BCUT2D eigenvalue weighted by Gasteiger charge is 2.02. The van der Waals surface area contributed by atoms with Gasteiger partial charge in [0.15, 0.2) is 0 Å². The van der Waals surface area contributed by atoms with Crippen molar-refractivity contribution in [2.45, 2.75) is 13.3 Å². The maximum absolute atomic E-state index is 5.91. The quantitative estimate of drug-likeness (QED) is 0.905. The zero-order chi connectivity index (χ0) is 13.0. The van der Waals surface area contributed by atoms with Gasteiger partial charge in [-0.3, -0.25) is 0 Å². The molecule has 2 aromatic carbocycles. The largest absolute Gasteiger partial charge is 0.457 e. The molecule has 0 heterocycles. The lowest BCUT2D eigenvalue weighted by Gasteiger charge is -2.09. The molecule has 0 fully saturated rings. The van der Waals surface area contributed by atoms with Crippen molar-refractivity contribution in [3.05, 3.63) is 58.6 Å². The van der Waals surface area contributed by atoms with Gasteiger partial charge < -0.3 is 10.5 Å². The minimum atomic E-state index is 0.662. The highest BCUT2D eigenvalue weighted by molar-refractivity contribution is 6.30. The van der Waals surface area contributed by atoms with E-state index in [1.54, 1.807) is 6.07 Å². The highest BCUT2D eigenvalue weighted by atomic mass is 35.5. The Bertz CT molecular complexity index is 540. The van der Waals surface area contributed by atoms with E-state index >= 15 is 0 Å². The van der Waals surface area contributed by atoms with Gasteiger partial charge in [0.1, 0.15) is 11.5 Å². The Balaban J connectivity index is 2.17. The lowest BCUT2D eigenvalue weighted by atomic mass is 10.1. The number of nitrogens with two attached hydrogens (primary N) is 1. The molecule has 2 N–H and O–H groups in total. The van der Waals surface area contributed by atoms with Crippen LogP contribution >= 0.6 is 11.6 Å². The van der Waals surface area contributed by atoms with E-state index < -0.39 is 0 Å². The first kappa shape index (κ1) is 12.9. The SMILES string of the molecule is Cc1cc(Oc2cccc(Cl)c2)ccc1CCN. The third kappa shape index (κ3) is 3.25. The molecule has 94 valence electrons. The summed E-state index contributed by atoms with van der Waals surface area (Å²) >= 11 is 5.91. The van der Waals surface area contributed by atoms with Gasteiger partial charge in [-0.25, -0.2) is 0 Å². The molecule has 0 spiro atoms. The first-order chi connectivity index (χ1) is 8.69. The van der Waals surface area contributed by atoms with E-state index in [2.05, 4.69) is 13.0 Å². The molecule has 0 atom stereocenters. The van der Waals surface area contributed by atoms with E-state index in [1.165, 1.54) is 11.1 Å². The fourth-order valence-corrected chi connectivity index (χ4v) is 2.01. The Morgan fingerprint density at radius 3 is 2.56 bits per heavy atom. The van der Waals surface area contributed by atoms with Gasteiger partial charge in [-0.15, -0.1) is 0 Å². The van der Waals surface area contributed by atoms with Crippen LogP contribution in [0.25, 0.3) is 0 Å². The van der Waals surface area contributed by atoms with E-state index in [9.17, 15) is 0 Å². The number of halogens is 1. The fourth-order valence-electron chi connectivity index (χ4n) is 1.83. The van der Waals surface area contributed by atoms with Crippen LogP contribution in [0, 0.1) is 6.92 Å². The van der Waals surface area contributed by atoms with Crippen LogP contribution in [0.15, 0.2) is 42.5 Å². The zero-order valence-corrected chi connectivity index (χ0v) is 11.1. The van der Waals surface area contributed by atoms with Gasteiger partial charge in [-0.1, -0.05) is 23.7 Å². The molecule has 2 rings (SSSR count). The summed E-state index contributed by atoms with van der Waals surface area (Å²) in [4.78, 5) is 0. The van der Waals surface area contributed by atoms with Crippen molar-refractivity contribution in [2.75, 3.05) is 6.54 Å². The standard InChI is InChI=1S/C15H16ClNO/c1-11-9-15(6-5-12(11)7-8-17)18-14-4-2-3-13(16)10-14/h2-6,9-10H,7-8,17H2,1H3. The molecule has 0 aromatic heterocycles. The third-order valence-electron chi connectivity index (χ3n) is 2.76. The van der Waals surface area contributed by atoms with Gasteiger partial charge in [0.2, 0.25) is 0 Å². The van der Waals surface area contributed by atoms with Crippen molar-refractivity contribution in [2.24, 2.45) is 5.73 Å². The summed E-state index contributed by atoms with van der Waals surface area (Å²) in [6.07, 6.45) is 0.892. The summed E-state index contributed by atoms with van der Waals surface area (Å²) in [5.41, 5.74) is 8.02. The number of hydrogen-bond donors (Lipinski definition) is 1. The molecule has 0 saturated heterocycles. The molecule has 0 amide bonds. The van der Waals surface area contributed by atoms with Crippen LogP contribution in [0.4, 0.5) is 0 Å². The predicted molar refractivity (Wildman–Crippen MR) is 75.5 cm³/mol. The maximum atomic E-state index is 5.91. The zero-order valence-electron chi connectivity index (χ0n) is 10.3. The second kappa shape index (κ2) is 5.89. The summed E-state index contributed by atoms with van der Waals surface area (Å²) in [7, 11) is 0. The molecule has 2 aromatic rings. The summed E-state index contributed by atoms with van der Waals surface area (Å²) in [5.74, 6) is 1.56. The van der Waals surface area contributed by atoms with Crippen LogP contribution in [-0.4, -0.2) is 6.54 Å². The van der Waals surface area contributed by atoms with Crippen LogP contribution in [0.2, 0.25) is 5.02 Å². The Hall–Kier alpha value is -1.51. The van der Waals surface area contributed by atoms with Gasteiger partial charge in [-0.05, 0) is 61.3 Å². The van der Waals surface area contributed by atoms with Crippen LogP contribution in [0.1, 0.15) is 11.1 Å². The second-order valence-electron chi connectivity index (χ2n) is 4.19. The highest BCUT2D eigenvalue weighted by Crippen LogP contribution is 2.25. The first-order valence-corrected chi connectivity index (χ1v) is 6.30. The molecule has 0 aliphatic heterocycles. The number of ether oxygens (including phenoxy) is 1. The summed E-state index contributed by atoms with van der Waals surface area (Å²) in [6.45, 7) is 2.73. The first-order valence-electron chi connectivity index (χ1n) is 5.92. The Labute approximate surface area is 112 Å². The molecule has 2 nitrogen and oxygen atoms in total. The minimum absolute atomic E-state index is 0.662. The summed E-state index contributed by atoms with van der Waals surface area (Å²) < 4.78 is 5.76. The molecule has 0 radical (unpaired) electrons. The number of aryl methyl sites for hydroxylation is 1. The molecule has 18 heavy (non-hydrogen) atoms. The van der Waals surface area contributed by atoms with E-state index in [4.69, 9.17) is 22.1 Å². The summed E-state index contributed by atoms with van der Waals surface area (Å²) in [6, 6.07) is 13.4. The van der Waals surface area contributed by atoms with E-state index in [0.717, 1.165) is 17.9 Å². The maximum Gasteiger partial charge on any atom is 0.128 e. The smallest absolute Gasteiger partial charge is 0.128 e. The minimum Gasteiger partial charge on any atom is -0.457 e. The van der Waals surface area contributed by atoms with Crippen molar-refractivity contribution < 1.29 is 4.74 Å². The predicted octanol–water partition coefficient (Wildman–Crippen LogP) is 3.94. The van der Waals surface area contributed by atoms with Crippen LogP contribution < -0.4 is 10.5 Å². The van der Waals surface area contributed by atoms with Crippen LogP contribution in [0.3, 0.4) is 0 Å². The lowest BCUT2D eigenvalue weighted by Crippen LogP contribution is -2.04. The molecule has 0 aliphatic carbocycles. The fraction of sp³-hybridized carbons (Fsp3) is 0.200. The lowest BCUT2D eigenvalue weighted by molar-refractivity contribution is 0.482. The van der Waals surface area contributed by atoms with Gasteiger partial charge in [-0.2, -0.15) is 0 Å². The number of benzene rings is 2. The molecular formula is C15H16ClNO. The van der Waals surface area contributed by atoms with Crippen LogP contribution in [0.5, 0.6) is 11.5 Å². The Morgan fingerprint density at radius 1 is 1.11 bits per heavy atom. The number of rotatable bonds is 4. The average molecular weight is 262 g/mol. The number of hydrogen-bond acceptors (Lipinski definition) is 2. The molecule has 0 aliphatic rings. The molecule has 3 heteroatoms. The second-order valence-corrected chi connectivity index (χ2v) is 4.62. The van der Waals surface area contributed by atoms with Gasteiger partial charge in [0.05, 0.1) is 0 Å². The summed E-state index contributed by atoms with van der Waals surface area (Å²) in [5, 5.41) is 0.670. The van der Waals surface area contributed by atoms with Gasteiger partial charge >= 0.3 is 0 Å². The van der Waals surface area contributed by atoms with Crippen molar-refractivity contribution in [1.29, 1.82) is 0 Å². The molecule has 0 saturated carbocycles. The Morgan fingerprint density at radius 2 is 1.89 bits per heavy atom. The van der Waals surface area contributed by atoms with Crippen LogP contribution in [-0.2, 0) is 6.42 Å². The normalized spacial score (nSPS) is 10.4. The molecular weight excluding hydrogens is 246 g/mol. The van der Waals surface area contributed by atoms with E-state index in [0.29, 0.717) is 11.6 Å². The van der Waals surface area contributed by atoms with Crippen molar-refractivity contribution >= 4 is 11.6 Å². The van der Waals surface area contributed by atoms with E-state index in [1.807, 2.05) is 30.3 Å². The Kier molecular flexibility index (Phi) is 4.24. The van der Waals surface area contributed by atoms with E-state index in [-0.39, 0.29) is 0 Å². The van der Waals surface area contributed by atoms with Crippen molar-refractivity contribution in [3.63, 3.8) is 0 Å². The third-order valence-corrected chi connectivity index (χ3v) is 2.99. The molecule has 0 bridgehead atoms. The van der Waals surface area contributed by atoms with Gasteiger partial charge in [0, 0.05) is 5.02 Å². The van der Waals surface area contributed by atoms with Crippen molar-refractivity contribution in [3.8, 4) is 11.5 Å². The average Bonchev–Trinajstić information content (AvgIpc) is 2.33. The monoisotopic (exact) mass is 261 g/mol. The molecule has 0 unspecified atom stereocenters. The topological polar surface area (TPSA) is 35.2 Å². The van der Waals surface area contributed by atoms with Crippen molar-refractivity contribution in [1.82, 2.24) is 0 Å². The van der Waals surface area contributed by atoms with Gasteiger partial charge in [0.25, 0.3) is 0 Å².